The molecule has 0 radical (unpaired) electrons. The van der Waals surface area contributed by atoms with Gasteiger partial charge < -0.3 is 25.0 Å². The Labute approximate surface area is 168 Å². The Morgan fingerprint density at radius 2 is 1.93 bits per heavy atom. The first-order chi connectivity index (χ1) is 14.2. The summed E-state index contributed by atoms with van der Waals surface area (Å²) in [4.78, 5) is 28.2. The van der Waals surface area contributed by atoms with Crippen LogP contribution in [0, 0.1) is 0 Å². The zero-order chi connectivity index (χ0) is 20.4. The number of piperazine rings is 1. The predicted octanol–water partition coefficient (Wildman–Crippen LogP) is 1.57. The number of fused-ring (bicyclic) bond motifs is 1. The third-order valence-electron chi connectivity index (χ3n) is 5.04. The molecule has 1 aliphatic heterocycles. The highest BCUT2D eigenvalue weighted by molar-refractivity contribution is 6.05. The lowest BCUT2D eigenvalue weighted by Crippen LogP contribution is -2.46. The van der Waals surface area contributed by atoms with Gasteiger partial charge >= 0.3 is 0 Å². The zero-order valence-electron chi connectivity index (χ0n) is 16.3. The first-order valence-corrected chi connectivity index (χ1v) is 9.23. The van der Waals surface area contributed by atoms with Crippen LogP contribution in [0.1, 0.15) is 0 Å². The number of aromatic nitrogens is 3. The molecule has 29 heavy (non-hydrogen) atoms. The molecule has 150 valence electrons. The van der Waals surface area contributed by atoms with Crippen molar-refractivity contribution >= 4 is 29.1 Å². The molecule has 2 aromatic heterocycles. The van der Waals surface area contributed by atoms with Gasteiger partial charge in [-0.3, -0.25) is 9.78 Å². The normalized spacial score (nSPS) is 14.1. The van der Waals surface area contributed by atoms with E-state index in [9.17, 15) is 4.79 Å². The molecule has 0 atom stereocenters. The molecule has 9 heteroatoms. The third-order valence-corrected chi connectivity index (χ3v) is 5.04. The molecule has 3 aromatic rings. The Morgan fingerprint density at radius 1 is 1.14 bits per heavy atom. The molecule has 1 amide bonds. The van der Waals surface area contributed by atoms with Crippen molar-refractivity contribution in [2.45, 2.75) is 0 Å². The second-order valence-electron chi connectivity index (χ2n) is 6.66. The van der Waals surface area contributed by atoms with Crippen molar-refractivity contribution < 1.29 is 14.3 Å². The number of benzene rings is 1. The van der Waals surface area contributed by atoms with Crippen LogP contribution in [0.2, 0.25) is 0 Å². The number of methoxy groups -OCH3 is 2. The highest BCUT2D eigenvalue weighted by Gasteiger charge is 2.23. The van der Waals surface area contributed by atoms with E-state index in [-0.39, 0.29) is 0 Å². The number of carbonyl (C=O) groups is 1. The minimum Gasteiger partial charge on any atom is -0.493 e. The van der Waals surface area contributed by atoms with E-state index >= 15 is 0 Å². The van der Waals surface area contributed by atoms with Crippen LogP contribution >= 0.6 is 0 Å². The van der Waals surface area contributed by atoms with Gasteiger partial charge in [-0.25, -0.2) is 4.98 Å². The summed E-state index contributed by atoms with van der Waals surface area (Å²) in [6.07, 6.45) is 4.31. The minimum atomic E-state index is 0.350. The summed E-state index contributed by atoms with van der Waals surface area (Å²) in [7, 11) is 3.17. The SMILES string of the molecule is COc1cc2nc(N3CCN(C=O)CC3)nc(N)c2c(-c2cccnc2)c1OC. The second-order valence-corrected chi connectivity index (χ2v) is 6.66. The molecule has 3 heterocycles. The molecule has 2 N–H and O–H groups in total. The van der Waals surface area contributed by atoms with Gasteiger partial charge in [0.25, 0.3) is 0 Å². The van der Waals surface area contributed by atoms with Crippen LogP contribution < -0.4 is 20.1 Å². The quantitative estimate of drug-likeness (QED) is 0.650. The van der Waals surface area contributed by atoms with Crippen LogP contribution in [0.25, 0.3) is 22.0 Å². The first-order valence-electron chi connectivity index (χ1n) is 9.23. The van der Waals surface area contributed by atoms with E-state index < -0.39 is 0 Å². The summed E-state index contributed by atoms with van der Waals surface area (Å²) < 4.78 is 11.2. The number of amides is 1. The fourth-order valence-electron chi connectivity index (χ4n) is 3.58. The number of hydrogen-bond donors (Lipinski definition) is 1. The van der Waals surface area contributed by atoms with E-state index in [0.29, 0.717) is 60.3 Å². The van der Waals surface area contributed by atoms with Gasteiger partial charge in [0.05, 0.1) is 25.1 Å². The minimum absolute atomic E-state index is 0.350. The van der Waals surface area contributed by atoms with Crippen molar-refractivity contribution in [1.29, 1.82) is 0 Å². The van der Waals surface area contributed by atoms with Crippen molar-refractivity contribution in [3.8, 4) is 22.6 Å². The molecule has 9 nitrogen and oxygen atoms in total. The molecule has 1 aliphatic rings. The van der Waals surface area contributed by atoms with Crippen molar-refractivity contribution in [2.75, 3.05) is 51.0 Å². The highest BCUT2D eigenvalue weighted by atomic mass is 16.5. The maximum Gasteiger partial charge on any atom is 0.228 e. The molecular weight excluding hydrogens is 372 g/mol. The number of carbonyl (C=O) groups excluding carboxylic acids is 1. The van der Waals surface area contributed by atoms with Gasteiger partial charge in [-0.15, -0.1) is 0 Å². The molecule has 0 aliphatic carbocycles. The maximum atomic E-state index is 11.0. The lowest BCUT2D eigenvalue weighted by Gasteiger charge is -2.32. The average Bonchev–Trinajstić information content (AvgIpc) is 2.78. The molecule has 1 fully saturated rings. The standard InChI is InChI=1S/C20H22N6O3/c1-28-15-10-14-17(16(18(15)29-2)13-4-3-5-22-11-13)19(21)24-20(23-14)26-8-6-25(12-27)7-9-26/h3-5,10-12H,6-9H2,1-2H3,(H2,21,23,24). The molecular formula is C20H22N6O3. The summed E-state index contributed by atoms with van der Waals surface area (Å²) in [5.41, 5.74) is 8.63. The van der Waals surface area contributed by atoms with Crippen LogP contribution in [-0.2, 0) is 4.79 Å². The number of pyridine rings is 1. The van der Waals surface area contributed by atoms with Crippen molar-refractivity contribution in [1.82, 2.24) is 19.9 Å². The Balaban J connectivity index is 1.89. The Hall–Kier alpha value is -3.62. The van der Waals surface area contributed by atoms with Crippen LogP contribution in [0.4, 0.5) is 11.8 Å². The Morgan fingerprint density at radius 3 is 2.55 bits per heavy atom. The molecule has 0 saturated carbocycles. The fourth-order valence-corrected chi connectivity index (χ4v) is 3.58. The number of nitrogens with zero attached hydrogens (tertiary/aromatic N) is 5. The van der Waals surface area contributed by atoms with Gasteiger partial charge in [0.2, 0.25) is 12.4 Å². The fraction of sp³-hybridized carbons (Fsp3) is 0.300. The first kappa shape index (κ1) is 18.7. The largest absolute Gasteiger partial charge is 0.493 e. The lowest BCUT2D eigenvalue weighted by atomic mass is 10.00. The Kier molecular flexibility index (Phi) is 5.03. The Bertz CT molecular complexity index is 1040. The van der Waals surface area contributed by atoms with Gasteiger partial charge in [-0.1, -0.05) is 6.07 Å². The van der Waals surface area contributed by atoms with E-state index in [1.807, 2.05) is 17.0 Å². The number of nitrogen functional groups attached to an aromatic ring is 1. The third kappa shape index (κ3) is 3.35. The summed E-state index contributed by atoms with van der Waals surface area (Å²) in [6.45, 7) is 2.54. The number of hydrogen-bond acceptors (Lipinski definition) is 8. The molecule has 0 spiro atoms. The van der Waals surface area contributed by atoms with E-state index in [1.165, 1.54) is 0 Å². The van der Waals surface area contributed by atoms with Crippen LogP contribution in [0.3, 0.4) is 0 Å². The van der Waals surface area contributed by atoms with Crippen molar-refractivity contribution in [3.63, 3.8) is 0 Å². The van der Waals surface area contributed by atoms with Crippen LogP contribution in [0.15, 0.2) is 30.6 Å². The van der Waals surface area contributed by atoms with Gasteiger partial charge in [-0.2, -0.15) is 4.98 Å². The summed E-state index contributed by atoms with van der Waals surface area (Å²) in [6, 6.07) is 5.57. The summed E-state index contributed by atoms with van der Waals surface area (Å²) in [5, 5.41) is 0.686. The number of anilines is 2. The monoisotopic (exact) mass is 394 g/mol. The van der Waals surface area contributed by atoms with Crippen LogP contribution in [-0.4, -0.2) is 66.7 Å². The van der Waals surface area contributed by atoms with E-state index in [2.05, 4.69) is 9.97 Å². The topological polar surface area (TPSA) is 107 Å². The number of ether oxygens (including phenoxy) is 2. The molecule has 0 bridgehead atoms. The lowest BCUT2D eigenvalue weighted by molar-refractivity contribution is -0.118. The van der Waals surface area contributed by atoms with E-state index in [1.54, 1.807) is 37.6 Å². The molecule has 4 rings (SSSR count). The van der Waals surface area contributed by atoms with Crippen molar-refractivity contribution in [3.05, 3.63) is 30.6 Å². The average molecular weight is 394 g/mol. The van der Waals surface area contributed by atoms with Gasteiger partial charge in [-0.05, 0) is 6.07 Å². The van der Waals surface area contributed by atoms with Gasteiger partial charge in [0.15, 0.2) is 11.5 Å². The molecule has 1 saturated heterocycles. The van der Waals surface area contributed by atoms with Crippen LogP contribution in [0.5, 0.6) is 11.5 Å². The number of nitrogens with two attached hydrogens (primary N) is 1. The maximum absolute atomic E-state index is 11.0. The summed E-state index contributed by atoms with van der Waals surface area (Å²) in [5.74, 6) is 1.98. The van der Waals surface area contributed by atoms with Gasteiger partial charge in [0, 0.05) is 55.8 Å². The summed E-state index contributed by atoms with van der Waals surface area (Å²) >= 11 is 0. The predicted molar refractivity (Wildman–Crippen MR) is 110 cm³/mol. The molecule has 0 unspecified atom stereocenters. The van der Waals surface area contributed by atoms with Crippen molar-refractivity contribution in [2.24, 2.45) is 0 Å². The van der Waals surface area contributed by atoms with E-state index in [4.69, 9.17) is 20.2 Å². The second kappa shape index (κ2) is 7.78. The smallest absolute Gasteiger partial charge is 0.228 e. The highest BCUT2D eigenvalue weighted by Crippen LogP contribution is 2.45. The zero-order valence-corrected chi connectivity index (χ0v) is 16.3. The van der Waals surface area contributed by atoms with E-state index in [0.717, 1.165) is 17.5 Å². The van der Waals surface area contributed by atoms with Gasteiger partial charge in [0.1, 0.15) is 5.82 Å². The number of rotatable bonds is 5. The molecule has 1 aromatic carbocycles.